The molecule has 0 bridgehead atoms. The summed E-state index contributed by atoms with van der Waals surface area (Å²) in [6.07, 6.45) is 4.31. The van der Waals surface area contributed by atoms with Crippen LogP contribution in [0.4, 0.5) is 0 Å². The van der Waals surface area contributed by atoms with E-state index in [4.69, 9.17) is 4.74 Å². The van der Waals surface area contributed by atoms with Crippen molar-refractivity contribution < 1.29 is 9.53 Å². The van der Waals surface area contributed by atoms with E-state index in [1.54, 1.807) is 4.68 Å². The molecule has 0 saturated carbocycles. The Morgan fingerprint density at radius 2 is 1.88 bits per heavy atom. The number of aromatic nitrogens is 2. The van der Waals surface area contributed by atoms with E-state index >= 15 is 0 Å². The molecule has 1 amide bonds. The first-order valence-corrected chi connectivity index (χ1v) is 9.64. The van der Waals surface area contributed by atoms with Gasteiger partial charge in [0.25, 0.3) is 5.91 Å². The monoisotopic (exact) mass is 346 g/mol. The Morgan fingerprint density at radius 1 is 1.20 bits per heavy atom. The number of hydrogen-bond acceptors (Lipinski definition) is 4. The largest absolute Gasteiger partial charge is 0.369 e. The first-order chi connectivity index (χ1) is 11.9. The normalized spacial score (nSPS) is 29.2. The number of carbonyl (C=O) groups excluding carboxylic acids is 1. The predicted octanol–water partition coefficient (Wildman–Crippen LogP) is 2.14. The summed E-state index contributed by atoms with van der Waals surface area (Å²) in [5.74, 6) is 0.142. The van der Waals surface area contributed by atoms with Crippen molar-refractivity contribution in [1.29, 1.82) is 0 Å². The lowest BCUT2D eigenvalue weighted by molar-refractivity contribution is -0.00767. The molecule has 2 atom stereocenters. The van der Waals surface area contributed by atoms with E-state index in [2.05, 4.69) is 23.8 Å². The molecular weight excluding hydrogens is 316 g/mol. The van der Waals surface area contributed by atoms with Gasteiger partial charge in [-0.05, 0) is 53.1 Å². The van der Waals surface area contributed by atoms with Crippen LogP contribution in [0.15, 0.2) is 0 Å². The number of rotatable bonds is 2. The summed E-state index contributed by atoms with van der Waals surface area (Å²) in [5, 5.41) is 4.60. The van der Waals surface area contributed by atoms with E-state index in [1.807, 2.05) is 18.9 Å². The Kier molecular flexibility index (Phi) is 4.15. The van der Waals surface area contributed by atoms with Crippen molar-refractivity contribution in [1.82, 2.24) is 19.6 Å². The molecule has 25 heavy (non-hydrogen) atoms. The maximum atomic E-state index is 13.2. The van der Waals surface area contributed by atoms with Gasteiger partial charge in [0.1, 0.15) is 5.69 Å². The van der Waals surface area contributed by atoms with Crippen LogP contribution in [0.1, 0.15) is 67.9 Å². The summed E-state index contributed by atoms with van der Waals surface area (Å²) in [5.41, 5.74) is 3.07. The summed E-state index contributed by atoms with van der Waals surface area (Å²) >= 11 is 0. The highest BCUT2D eigenvalue weighted by atomic mass is 16.5. The van der Waals surface area contributed by atoms with Gasteiger partial charge < -0.3 is 9.64 Å². The van der Waals surface area contributed by atoms with E-state index < -0.39 is 0 Å². The minimum absolute atomic E-state index is 0.0393. The Morgan fingerprint density at radius 3 is 2.48 bits per heavy atom. The lowest BCUT2D eigenvalue weighted by Gasteiger charge is -2.50. The number of hydrogen-bond donors (Lipinski definition) is 0. The molecule has 0 aromatic carbocycles. The Labute approximate surface area is 150 Å². The first kappa shape index (κ1) is 17.0. The van der Waals surface area contributed by atoms with Gasteiger partial charge in [-0.2, -0.15) is 5.10 Å². The van der Waals surface area contributed by atoms with Gasteiger partial charge >= 0.3 is 0 Å². The zero-order chi connectivity index (χ0) is 17.8. The predicted molar refractivity (Wildman–Crippen MR) is 95.6 cm³/mol. The minimum atomic E-state index is -0.0393. The molecule has 1 aromatic heterocycles. The molecule has 2 saturated heterocycles. The van der Waals surface area contributed by atoms with Crippen LogP contribution in [0.2, 0.25) is 0 Å². The van der Waals surface area contributed by atoms with Gasteiger partial charge in [-0.25, -0.2) is 0 Å². The number of piperidine rings is 1. The van der Waals surface area contributed by atoms with Crippen molar-refractivity contribution in [2.45, 2.75) is 64.2 Å². The molecule has 0 unspecified atom stereocenters. The third-order valence-corrected chi connectivity index (χ3v) is 6.44. The fraction of sp³-hybridized carbons (Fsp3) is 0.789. The lowest BCUT2D eigenvalue weighted by atomic mass is 9.85. The lowest BCUT2D eigenvalue weighted by Crippen LogP contribution is -2.58. The third kappa shape index (κ3) is 2.79. The average Bonchev–Trinajstić information content (AvgIpc) is 2.81. The fourth-order valence-corrected chi connectivity index (χ4v) is 4.65. The minimum Gasteiger partial charge on any atom is -0.369 e. The number of fused-ring (bicyclic) bond motifs is 1. The van der Waals surface area contributed by atoms with Crippen molar-refractivity contribution in [2.24, 2.45) is 7.05 Å². The molecule has 0 N–H and O–H groups in total. The summed E-state index contributed by atoms with van der Waals surface area (Å²) in [7, 11) is 1.89. The molecule has 6 heteroatoms. The highest BCUT2D eigenvalue weighted by Gasteiger charge is 2.40. The zero-order valence-corrected chi connectivity index (χ0v) is 15.9. The van der Waals surface area contributed by atoms with Crippen molar-refractivity contribution >= 4 is 5.91 Å². The van der Waals surface area contributed by atoms with Gasteiger partial charge in [-0.1, -0.05) is 0 Å². The van der Waals surface area contributed by atoms with Gasteiger partial charge in [0.05, 0.1) is 17.9 Å². The number of aryl methyl sites for hydroxylation is 1. The van der Waals surface area contributed by atoms with E-state index in [9.17, 15) is 4.79 Å². The van der Waals surface area contributed by atoms with Gasteiger partial charge in [0.15, 0.2) is 0 Å². The van der Waals surface area contributed by atoms with Crippen molar-refractivity contribution in [3.8, 4) is 0 Å². The smallest absolute Gasteiger partial charge is 0.272 e. The Balaban J connectivity index is 1.52. The van der Waals surface area contributed by atoms with Crippen LogP contribution in [0, 0.1) is 0 Å². The van der Waals surface area contributed by atoms with E-state index in [0.29, 0.717) is 0 Å². The molecule has 3 aliphatic heterocycles. The Bertz CT molecular complexity index is 671. The highest BCUT2D eigenvalue weighted by Crippen LogP contribution is 2.35. The molecule has 1 aromatic rings. The fourth-order valence-electron chi connectivity index (χ4n) is 4.65. The second kappa shape index (κ2) is 6.09. The van der Waals surface area contributed by atoms with Crippen LogP contribution >= 0.6 is 0 Å². The number of likely N-dealkylation sites (tertiary alicyclic amines) is 2. The molecule has 2 fully saturated rings. The molecule has 138 valence electrons. The summed E-state index contributed by atoms with van der Waals surface area (Å²) in [6, 6.07) is 0. The van der Waals surface area contributed by atoms with Gasteiger partial charge in [-0.15, -0.1) is 0 Å². The van der Waals surface area contributed by atoms with E-state index in [1.165, 1.54) is 19.5 Å². The SMILES string of the molecule is C[C@@H]1Cc2c(nn(C)c2C(=O)N2CCC(C)(N3CCC3)CC2)[C@H](C)O1. The van der Waals surface area contributed by atoms with Crippen molar-refractivity contribution in [3.63, 3.8) is 0 Å². The van der Waals surface area contributed by atoms with Crippen LogP contribution < -0.4 is 0 Å². The molecule has 4 heterocycles. The van der Waals surface area contributed by atoms with E-state index in [0.717, 1.165) is 49.3 Å². The van der Waals surface area contributed by atoms with Crippen LogP contribution in [0.25, 0.3) is 0 Å². The maximum absolute atomic E-state index is 13.2. The van der Waals surface area contributed by atoms with Crippen molar-refractivity contribution in [3.05, 3.63) is 17.0 Å². The number of carbonyl (C=O) groups is 1. The van der Waals surface area contributed by atoms with Crippen molar-refractivity contribution in [2.75, 3.05) is 26.2 Å². The van der Waals surface area contributed by atoms with Gasteiger partial charge in [-0.3, -0.25) is 14.4 Å². The molecule has 0 aliphatic carbocycles. The molecule has 0 spiro atoms. The van der Waals surface area contributed by atoms with Crippen LogP contribution in [-0.2, 0) is 18.2 Å². The van der Waals surface area contributed by atoms with Crippen LogP contribution in [0.5, 0.6) is 0 Å². The second-order valence-corrected chi connectivity index (χ2v) is 8.26. The average molecular weight is 346 g/mol. The molecule has 0 radical (unpaired) electrons. The first-order valence-electron chi connectivity index (χ1n) is 9.64. The number of nitrogens with zero attached hydrogens (tertiary/aromatic N) is 4. The molecule has 3 aliphatic rings. The van der Waals surface area contributed by atoms with Gasteiger partial charge in [0.2, 0.25) is 0 Å². The summed E-state index contributed by atoms with van der Waals surface area (Å²) < 4.78 is 7.64. The molecule has 4 rings (SSSR count). The van der Waals surface area contributed by atoms with Crippen LogP contribution in [-0.4, -0.2) is 63.3 Å². The van der Waals surface area contributed by atoms with E-state index in [-0.39, 0.29) is 23.7 Å². The molecular formula is C19H30N4O2. The molecule has 6 nitrogen and oxygen atoms in total. The highest BCUT2D eigenvalue weighted by molar-refractivity contribution is 5.94. The summed E-state index contributed by atoms with van der Waals surface area (Å²) in [6.45, 7) is 10.6. The number of amides is 1. The summed E-state index contributed by atoms with van der Waals surface area (Å²) in [4.78, 5) is 17.9. The topological polar surface area (TPSA) is 50.6 Å². The maximum Gasteiger partial charge on any atom is 0.272 e. The van der Waals surface area contributed by atoms with Crippen LogP contribution in [0.3, 0.4) is 0 Å². The standard InChI is InChI=1S/C19H30N4O2/c1-13-12-15-16(14(2)25-13)20-21(4)17(15)18(24)22-10-6-19(3,7-11-22)23-8-5-9-23/h13-14H,5-12H2,1-4H3/t13-,14+/m1/s1. The zero-order valence-electron chi connectivity index (χ0n) is 15.9. The Hall–Kier alpha value is -1.40. The quantitative estimate of drug-likeness (QED) is 0.823. The number of ether oxygens (including phenoxy) is 1. The second-order valence-electron chi connectivity index (χ2n) is 8.26. The van der Waals surface area contributed by atoms with Gasteiger partial charge in [0, 0.05) is 37.7 Å². The third-order valence-electron chi connectivity index (χ3n) is 6.44.